The molecule has 4 aromatic rings. The molecule has 0 aliphatic heterocycles. The van der Waals surface area contributed by atoms with Gasteiger partial charge in [-0.1, -0.05) is 50.2 Å². The number of anilines is 1. The number of carbonyl (C=O) groups excluding carboxylic acids is 1. The van der Waals surface area contributed by atoms with Crippen molar-refractivity contribution in [2.45, 2.75) is 33.6 Å². The Morgan fingerprint density at radius 2 is 1.55 bits per heavy atom. The summed E-state index contributed by atoms with van der Waals surface area (Å²) in [5.41, 5.74) is 5.25. The number of aryl methyl sites for hydroxylation is 2. The number of aromatic nitrogens is 1. The lowest BCUT2D eigenvalue weighted by Gasteiger charge is -2.14. The fourth-order valence-electron chi connectivity index (χ4n) is 3.69. The van der Waals surface area contributed by atoms with Crippen LogP contribution in [-0.4, -0.2) is 10.5 Å². The summed E-state index contributed by atoms with van der Waals surface area (Å²) >= 11 is 0. The highest BCUT2D eigenvalue weighted by molar-refractivity contribution is 6.12. The monoisotopic (exact) mass is 410 g/mol. The maximum atomic E-state index is 13.2. The standard InChI is InChI=1S/C27H26N2O2/c1-17(2)20-10-12-21(13-11-20)28-26(30)25-16-29(22-14-9-18(3)19(4)15-22)27(31)24-8-6-5-7-23(24)25/h5-17H,1-4H3,(H,28,30). The molecular weight excluding hydrogens is 384 g/mol. The van der Waals surface area contributed by atoms with Gasteiger partial charge in [-0.25, -0.2) is 0 Å². The van der Waals surface area contributed by atoms with Gasteiger partial charge in [0.1, 0.15) is 0 Å². The molecule has 0 radical (unpaired) electrons. The van der Waals surface area contributed by atoms with E-state index in [2.05, 4.69) is 19.2 Å². The molecule has 1 N–H and O–H groups in total. The molecule has 31 heavy (non-hydrogen) atoms. The lowest BCUT2D eigenvalue weighted by atomic mass is 10.0. The maximum Gasteiger partial charge on any atom is 0.262 e. The first-order valence-corrected chi connectivity index (χ1v) is 10.5. The van der Waals surface area contributed by atoms with E-state index in [1.54, 1.807) is 16.8 Å². The van der Waals surface area contributed by atoms with Crippen molar-refractivity contribution in [3.8, 4) is 5.69 Å². The second kappa shape index (κ2) is 8.23. The molecule has 156 valence electrons. The number of hydrogen-bond donors (Lipinski definition) is 1. The zero-order valence-corrected chi connectivity index (χ0v) is 18.3. The van der Waals surface area contributed by atoms with Crippen LogP contribution in [0.3, 0.4) is 0 Å². The van der Waals surface area contributed by atoms with Gasteiger partial charge in [0.25, 0.3) is 11.5 Å². The molecule has 1 amide bonds. The number of fused-ring (bicyclic) bond motifs is 1. The number of hydrogen-bond acceptors (Lipinski definition) is 2. The molecule has 3 aromatic carbocycles. The maximum absolute atomic E-state index is 13.2. The van der Waals surface area contributed by atoms with Crippen LogP contribution in [0.15, 0.2) is 77.7 Å². The highest BCUT2D eigenvalue weighted by atomic mass is 16.2. The first kappa shape index (κ1) is 20.6. The average Bonchev–Trinajstić information content (AvgIpc) is 2.76. The van der Waals surface area contributed by atoms with Crippen LogP contribution in [0.1, 0.15) is 46.8 Å². The van der Waals surface area contributed by atoms with Gasteiger partial charge in [-0.2, -0.15) is 0 Å². The van der Waals surface area contributed by atoms with Crippen molar-refractivity contribution in [1.29, 1.82) is 0 Å². The molecule has 0 aliphatic rings. The SMILES string of the molecule is Cc1ccc(-n2cc(C(=O)Nc3ccc(C(C)C)cc3)c3ccccc3c2=O)cc1C. The summed E-state index contributed by atoms with van der Waals surface area (Å²) in [5.74, 6) is 0.182. The molecule has 0 aliphatic carbocycles. The number of amides is 1. The van der Waals surface area contributed by atoms with Gasteiger partial charge in [0.2, 0.25) is 0 Å². The summed E-state index contributed by atoms with van der Waals surface area (Å²) in [4.78, 5) is 26.4. The van der Waals surface area contributed by atoms with E-state index in [1.807, 2.05) is 74.5 Å². The molecule has 0 unspecified atom stereocenters. The largest absolute Gasteiger partial charge is 0.322 e. The predicted molar refractivity (Wildman–Crippen MR) is 128 cm³/mol. The van der Waals surface area contributed by atoms with E-state index in [-0.39, 0.29) is 11.5 Å². The number of benzene rings is 3. The summed E-state index contributed by atoms with van der Waals surface area (Å²) in [6.45, 7) is 8.32. The Bertz CT molecular complexity index is 1330. The van der Waals surface area contributed by atoms with Crippen LogP contribution < -0.4 is 10.9 Å². The first-order chi connectivity index (χ1) is 14.8. The van der Waals surface area contributed by atoms with Crippen molar-refractivity contribution in [3.63, 3.8) is 0 Å². The summed E-state index contributed by atoms with van der Waals surface area (Å²) in [6.07, 6.45) is 1.65. The third-order valence-electron chi connectivity index (χ3n) is 5.77. The normalized spacial score (nSPS) is 11.1. The van der Waals surface area contributed by atoms with Crippen LogP contribution in [0.5, 0.6) is 0 Å². The first-order valence-electron chi connectivity index (χ1n) is 10.5. The fraction of sp³-hybridized carbons (Fsp3) is 0.185. The zero-order chi connectivity index (χ0) is 22.1. The molecule has 0 spiro atoms. The van der Waals surface area contributed by atoms with Crippen LogP contribution in [0, 0.1) is 13.8 Å². The Hall–Kier alpha value is -3.66. The third-order valence-corrected chi connectivity index (χ3v) is 5.77. The van der Waals surface area contributed by atoms with Crippen molar-refractivity contribution in [1.82, 2.24) is 4.57 Å². The third kappa shape index (κ3) is 4.02. The second-order valence-electron chi connectivity index (χ2n) is 8.26. The molecular formula is C27H26N2O2. The van der Waals surface area contributed by atoms with Gasteiger partial charge in [0, 0.05) is 28.3 Å². The molecule has 4 rings (SSSR count). The van der Waals surface area contributed by atoms with Gasteiger partial charge < -0.3 is 5.32 Å². The van der Waals surface area contributed by atoms with Gasteiger partial charge >= 0.3 is 0 Å². The van der Waals surface area contributed by atoms with Gasteiger partial charge in [-0.3, -0.25) is 14.2 Å². The molecule has 1 aromatic heterocycles. The molecule has 0 saturated carbocycles. The molecule has 0 atom stereocenters. The average molecular weight is 411 g/mol. The van der Waals surface area contributed by atoms with Crippen LogP contribution in [0.2, 0.25) is 0 Å². The van der Waals surface area contributed by atoms with Gasteiger partial charge in [-0.15, -0.1) is 0 Å². The quantitative estimate of drug-likeness (QED) is 0.450. The Balaban J connectivity index is 1.81. The number of nitrogens with one attached hydrogen (secondary N) is 1. The smallest absolute Gasteiger partial charge is 0.262 e. The minimum atomic E-state index is -0.244. The lowest BCUT2D eigenvalue weighted by Crippen LogP contribution is -2.22. The van der Waals surface area contributed by atoms with E-state index >= 15 is 0 Å². The molecule has 0 saturated heterocycles. The van der Waals surface area contributed by atoms with Gasteiger partial charge in [-0.05, 0) is 66.8 Å². The minimum Gasteiger partial charge on any atom is -0.322 e. The van der Waals surface area contributed by atoms with Gasteiger partial charge in [0.15, 0.2) is 0 Å². The van der Waals surface area contributed by atoms with Crippen LogP contribution in [0.25, 0.3) is 16.5 Å². The Labute approximate surface area is 182 Å². The van der Waals surface area contributed by atoms with E-state index in [9.17, 15) is 9.59 Å². The highest BCUT2D eigenvalue weighted by Crippen LogP contribution is 2.22. The number of rotatable bonds is 4. The Morgan fingerprint density at radius 3 is 2.19 bits per heavy atom. The number of nitrogens with zero attached hydrogens (tertiary/aromatic N) is 1. The summed E-state index contributed by atoms with van der Waals surface area (Å²) in [7, 11) is 0. The second-order valence-corrected chi connectivity index (χ2v) is 8.26. The lowest BCUT2D eigenvalue weighted by molar-refractivity contribution is 0.102. The van der Waals surface area contributed by atoms with Crippen LogP contribution in [-0.2, 0) is 0 Å². The van der Waals surface area contributed by atoms with Crippen molar-refractivity contribution in [2.24, 2.45) is 0 Å². The van der Waals surface area contributed by atoms with Crippen LogP contribution >= 0.6 is 0 Å². The van der Waals surface area contributed by atoms with Crippen molar-refractivity contribution in [3.05, 3.63) is 106 Å². The molecule has 0 bridgehead atoms. The van der Waals surface area contributed by atoms with E-state index in [0.717, 1.165) is 22.5 Å². The van der Waals surface area contributed by atoms with E-state index in [0.29, 0.717) is 22.3 Å². The van der Waals surface area contributed by atoms with E-state index < -0.39 is 0 Å². The summed E-state index contributed by atoms with van der Waals surface area (Å²) in [6, 6.07) is 21.0. The molecule has 0 fully saturated rings. The Kier molecular flexibility index (Phi) is 5.47. The van der Waals surface area contributed by atoms with Crippen LogP contribution in [0.4, 0.5) is 5.69 Å². The minimum absolute atomic E-state index is 0.142. The molecule has 4 nitrogen and oxygen atoms in total. The Morgan fingerprint density at radius 1 is 0.871 bits per heavy atom. The number of pyridine rings is 1. The van der Waals surface area contributed by atoms with Gasteiger partial charge in [0.05, 0.1) is 5.56 Å². The molecule has 1 heterocycles. The van der Waals surface area contributed by atoms with E-state index in [4.69, 9.17) is 0 Å². The fourth-order valence-corrected chi connectivity index (χ4v) is 3.69. The number of carbonyl (C=O) groups is 1. The zero-order valence-electron chi connectivity index (χ0n) is 18.3. The van der Waals surface area contributed by atoms with Crippen molar-refractivity contribution >= 4 is 22.4 Å². The summed E-state index contributed by atoms with van der Waals surface area (Å²) < 4.78 is 1.56. The highest BCUT2D eigenvalue weighted by Gasteiger charge is 2.16. The van der Waals surface area contributed by atoms with Crippen molar-refractivity contribution in [2.75, 3.05) is 5.32 Å². The van der Waals surface area contributed by atoms with Crippen molar-refractivity contribution < 1.29 is 4.79 Å². The predicted octanol–water partition coefficient (Wildman–Crippen LogP) is 5.98. The summed E-state index contributed by atoms with van der Waals surface area (Å²) in [5, 5.41) is 4.14. The molecule has 4 heteroatoms. The topological polar surface area (TPSA) is 51.1 Å². The van der Waals surface area contributed by atoms with E-state index in [1.165, 1.54) is 5.56 Å².